The van der Waals surface area contributed by atoms with Crippen LogP contribution in [0.5, 0.6) is 0 Å². The summed E-state index contributed by atoms with van der Waals surface area (Å²) in [5.41, 5.74) is 0.812. The molecule has 1 fully saturated rings. The van der Waals surface area contributed by atoms with Gasteiger partial charge in [-0.1, -0.05) is 36.4 Å². The van der Waals surface area contributed by atoms with E-state index in [1.807, 2.05) is 0 Å². The maximum Gasteiger partial charge on any atom is 0.338 e. The molecule has 0 unspecified atom stereocenters. The topological polar surface area (TPSA) is 88.1 Å². The molecule has 0 aliphatic carbocycles. The minimum atomic E-state index is -0.778. The maximum absolute atomic E-state index is 12.4. The third kappa shape index (κ3) is 5.89. The quantitative estimate of drug-likeness (QED) is 0.546. The van der Waals surface area contributed by atoms with Crippen molar-refractivity contribution in [2.24, 2.45) is 0 Å². The van der Waals surface area contributed by atoms with Crippen molar-refractivity contribution in [2.45, 2.75) is 38.3 Å². The minimum absolute atomic E-state index is 0.141. The van der Waals surface area contributed by atoms with E-state index in [0.29, 0.717) is 24.0 Å². The summed E-state index contributed by atoms with van der Waals surface area (Å²) in [6.45, 7) is 1.15. The number of ether oxygens (including phenoxy) is 4. The number of hydrogen-bond donors (Lipinski definition) is 0. The van der Waals surface area contributed by atoms with E-state index in [9.17, 15) is 14.4 Å². The first kappa shape index (κ1) is 20.5. The summed E-state index contributed by atoms with van der Waals surface area (Å²) in [5, 5.41) is 0. The molecule has 7 heteroatoms. The van der Waals surface area contributed by atoms with Gasteiger partial charge in [0.05, 0.1) is 11.1 Å². The maximum atomic E-state index is 12.4. The van der Waals surface area contributed by atoms with E-state index in [4.69, 9.17) is 18.9 Å². The third-order valence-electron chi connectivity index (χ3n) is 4.38. The zero-order chi connectivity index (χ0) is 20.6. The van der Waals surface area contributed by atoms with Crippen molar-refractivity contribution in [3.05, 3.63) is 71.8 Å². The fourth-order valence-corrected chi connectivity index (χ4v) is 2.99. The molecule has 152 valence electrons. The molecule has 0 N–H and O–H groups in total. The fraction of sp³-hybridized carbons (Fsp3) is 0.318. The van der Waals surface area contributed by atoms with Crippen molar-refractivity contribution < 1.29 is 33.3 Å². The Bertz CT molecular complexity index is 835. The summed E-state index contributed by atoms with van der Waals surface area (Å²) >= 11 is 0. The highest BCUT2D eigenvalue weighted by Crippen LogP contribution is 2.25. The van der Waals surface area contributed by atoms with Crippen LogP contribution in [0.4, 0.5) is 0 Å². The number of benzene rings is 2. The molecule has 0 spiro atoms. The van der Waals surface area contributed by atoms with Gasteiger partial charge in [-0.15, -0.1) is 0 Å². The molecule has 1 heterocycles. The molecular formula is C22H22O7. The van der Waals surface area contributed by atoms with Crippen molar-refractivity contribution in [1.29, 1.82) is 0 Å². The first-order chi connectivity index (χ1) is 14.0. The van der Waals surface area contributed by atoms with Gasteiger partial charge in [0.25, 0.3) is 0 Å². The lowest BCUT2D eigenvalue weighted by Gasteiger charge is -2.35. The van der Waals surface area contributed by atoms with Crippen LogP contribution in [-0.4, -0.2) is 43.0 Å². The van der Waals surface area contributed by atoms with E-state index in [1.54, 1.807) is 60.7 Å². The molecule has 0 radical (unpaired) electrons. The van der Waals surface area contributed by atoms with Gasteiger partial charge in [0, 0.05) is 13.3 Å². The molecule has 3 rings (SSSR count). The van der Waals surface area contributed by atoms with Crippen molar-refractivity contribution in [3.63, 3.8) is 0 Å². The summed E-state index contributed by atoms with van der Waals surface area (Å²) in [6, 6.07) is 17.1. The van der Waals surface area contributed by atoms with Crippen LogP contribution in [0.25, 0.3) is 0 Å². The van der Waals surface area contributed by atoms with E-state index in [0.717, 1.165) is 0 Å². The number of carbonyl (C=O) groups excluding carboxylic acids is 3. The van der Waals surface area contributed by atoms with E-state index in [-0.39, 0.29) is 6.61 Å². The van der Waals surface area contributed by atoms with Gasteiger partial charge in [0.1, 0.15) is 18.8 Å². The average molecular weight is 398 g/mol. The van der Waals surface area contributed by atoms with Crippen LogP contribution in [0.3, 0.4) is 0 Å². The van der Waals surface area contributed by atoms with Crippen LogP contribution in [0.2, 0.25) is 0 Å². The molecule has 0 aromatic heterocycles. The highest BCUT2D eigenvalue weighted by molar-refractivity contribution is 5.90. The molecule has 0 saturated carbocycles. The molecule has 0 amide bonds. The fourth-order valence-electron chi connectivity index (χ4n) is 2.99. The van der Waals surface area contributed by atoms with E-state index < -0.39 is 36.4 Å². The minimum Gasteiger partial charge on any atom is -0.459 e. The first-order valence-electron chi connectivity index (χ1n) is 9.34. The highest BCUT2D eigenvalue weighted by atomic mass is 16.7. The van der Waals surface area contributed by atoms with Gasteiger partial charge in [-0.05, 0) is 30.7 Å². The normalized spacial score (nSPS) is 21.1. The molecule has 1 saturated heterocycles. The van der Waals surface area contributed by atoms with Crippen molar-refractivity contribution in [3.8, 4) is 0 Å². The van der Waals surface area contributed by atoms with Gasteiger partial charge in [-0.2, -0.15) is 0 Å². The van der Waals surface area contributed by atoms with Gasteiger partial charge < -0.3 is 18.9 Å². The predicted molar refractivity (Wildman–Crippen MR) is 102 cm³/mol. The second-order valence-corrected chi connectivity index (χ2v) is 6.57. The highest BCUT2D eigenvalue weighted by Gasteiger charge is 2.36. The van der Waals surface area contributed by atoms with Crippen molar-refractivity contribution >= 4 is 17.9 Å². The third-order valence-corrected chi connectivity index (χ3v) is 4.38. The Hall–Kier alpha value is -3.19. The Labute approximate surface area is 168 Å². The summed E-state index contributed by atoms with van der Waals surface area (Å²) in [6.07, 6.45) is -1.40. The van der Waals surface area contributed by atoms with Crippen LogP contribution in [0, 0.1) is 0 Å². The number of esters is 3. The van der Waals surface area contributed by atoms with Gasteiger partial charge >= 0.3 is 17.9 Å². The lowest BCUT2D eigenvalue weighted by Crippen LogP contribution is -2.45. The molecule has 0 bridgehead atoms. The second-order valence-electron chi connectivity index (χ2n) is 6.57. The number of rotatable bonds is 6. The van der Waals surface area contributed by atoms with Gasteiger partial charge in [0.15, 0.2) is 0 Å². The molecule has 7 nitrogen and oxygen atoms in total. The monoisotopic (exact) mass is 398 g/mol. The smallest absolute Gasteiger partial charge is 0.338 e. The Kier molecular flexibility index (Phi) is 6.97. The Morgan fingerprint density at radius 2 is 1.45 bits per heavy atom. The van der Waals surface area contributed by atoms with Gasteiger partial charge in [-0.3, -0.25) is 4.79 Å². The summed E-state index contributed by atoms with van der Waals surface area (Å²) < 4.78 is 21.8. The van der Waals surface area contributed by atoms with E-state index >= 15 is 0 Å². The van der Waals surface area contributed by atoms with Crippen LogP contribution >= 0.6 is 0 Å². The lowest BCUT2D eigenvalue weighted by atomic mass is 10.0. The Morgan fingerprint density at radius 1 is 0.862 bits per heavy atom. The number of hydrogen-bond acceptors (Lipinski definition) is 7. The summed E-state index contributed by atoms with van der Waals surface area (Å²) in [4.78, 5) is 35.9. The molecular weight excluding hydrogens is 376 g/mol. The van der Waals surface area contributed by atoms with Crippen LogP contribution in [0.15, 0.2) is 60.7 Å². The van der Waals surface area contributed by atoms with Gasteiger partial charge in [0.2, 0.25) is 6.29 Å². The first-order valence-corrected chi connectivity index (χ1v) is 9.34. The van der Waals surface area contributed by atoms with Crippen molar-refractivity contribution in [2.75, 3.05) is 6.61 Å². The summed E-state index contributed by atoms with van der Waals surface area (Å²) in [7, 11) is 0. The zero-order valence-electron chi connectivity index (χ0n) is 16.0. The molecule has 2 aromatic rings. The largest absolute Gasteiger partial charge is 0.459 e. The van der Waals surface area contributed by atoms with Crippen molar-refractivity contribution in [1.82, 2.24) is 0 Å². The Balaban J connectivity index is 1.65. The average Bonchev–Trinajstić information content (AvgIpc) is 2.74. The van der Waals surface area contributed by atoms with Crippen LogP contribution in [-0.2, 0) is 23.7 Å². The second kappa shape index (κ2) is 9.84. The predicted octanol–water partition coefficient (Wildman–Crippen LogP) is 3.14. The molecule has 29 heavy (non-hydrogen) atoms. The van der Waals surface area contributed by atoms with Crippen LogP contribution in [0.1, 0.15) is 40.5 Å². The van der Waals surface area contributed by atoms with Crippen LogP contribution < -0.4 is 0 Å². The molecule has 1 aliphatic rings. The van der Waals surface area contributed by atoms with E-state index in [2.05, 4.69) is 0 Å². The van der Waals surface area contributed by atoms with E-state index in [1.165, 1.54) is 6.92 Å². The Morgan fingerprint density at radius 3 is 2.03 bits per heavy atom. The zero-order valence-corrected chi connectivity index (χ0v) is 16.0. The molecule has 1 aliphatic heterocycles. The lowest BCUT2D eigenvalue weighted by molar-refractivity contribution is -0.226. The SMILES string of the molecule is CC(=O)O[C@@H]1CC[C@H](OC(=O)c2ccccc2)[C@@H](COC(=O)c2ccccc2)O1. The molecule has 2 aromatic carbocycles. The summed E-state index contributed by atoms with van der Waals surface area (Å²) in [5.74, 6) is -1.49. The number of carbonyl (C=O) groups is 3. The standard InChI is InChI=1S/C22H22O7/c1-15(23)27-20-13-12-18(29-22(25)17-10-6-3-7-11-17)19(28-20)14-26-21(24)16-8-4-2-5-9-16/h2-11,18-20H,12-14H2,1H3/t18-,19+,20-/m0/s1. The van der Waals surface area contributed by atoms with Gasteiger partial charge in [-0.25, -0.2) is 9.59 Å². The molecule has 3 atom stereocenters.